The monoisotopic (exact) mass is 1120 g/mol. The summed E-state index contributed by atoms with van der Waals surface area (Å²) in [7, 11) is 13.3. The van der Waals surface area contributed by atoms with E-state index >= 15 is 0 Å². The average molecular weight is 1120 g/mol. The van der Waals surface area contributed by atoms with Crippen LogP contribution < -0.4 is 16.4 Å². The first-order valence-corrected chi connectivity index (χ1v) is 26.0. The van der Waals surface area contributed by atoms with Gasteiger partial charge in [0, 0.05) is 88.9 Å². The summed E-state index contributed by atoms with van der Waals surface area (Å²) in [6.07, 6.45) is 0.760. The summed E-state index contributed by atoms with van der Waals surface area (Å²) in [5, 5.41) is 15.1. The number of likely N-dealkylation sites (N-methyl/N-ethyl adjacent to an activating group) is 10. The Morgan fingerprint density at radius 3 is 1.01 bits per heavy atom. The van der Waals surface area contributed by atoms with E-state index in [0.717, 1.165) is 44.1 Å². The van der Waals surface area contributed by atoms with Crippen LogP contribution in [-0.4, -0.2) is 291 Å². The Labute approximate surface area is 464 Å². The Balaban J connectivity index is 5.09. The van der Waals surface area contributed by atoms with Crippen molar-refractivity contribution in [1.29, 1.82) is 0 Å². The number of carboxylic acids is 1. The summed E-state index contributed by atoms with van der Waals surface area (Å²) >= 11 is 0. The molecule has 0 saturated heterocycles. The van der Waals surface area contributed by atoms with E-state index in [2.05, 4.69) is 10.6 Å². The van der Waals surface area contributed by atoms with Crippen LogP contribution in [0, 0.1) is 17.8 Å². The number of Topliss-reactive ketones (excluding diaryl/α,β-unsaturated/α-hetero) is 1. The first kappa shape index (κ1) is 71.7. The SMILES string of the molecule is CC(C)C[C@@H](C)C(=O)N(C)CC(=O)N(C)CC(=O)N(C)CC(=O)N(C)CC(=O)N(C)CC(=O)N(C)CC(=O)N(C)CC(=O)N(C)CC(=O)N(C)CC(=O)N(C)CC(=O)C[C@@H](CC(=O)O)C(=O)N[C@@H](CCCCNC(C)C)C(N)=O. The molecule has 0 bridgehead atoms. The maximum atomic E-state index is 13.1. The van der Waals surface area contributed by atoms with Crippen molar-refractivity contribution in [2.75, 3.05) is 142 Å². The second kappa shape index (κ2) is 35.3. The Bertz CT molecular complexity index is 2180. The number of unbranched alkanes of at least 4 members (excludes halogenated alkanes) is 1. The third-order valence-electron chi connectivity index (χ3n) is 12.6. The highest BCUT2D eigenvalue weighted by Crippen LogP contribution is 2.15. The molecule has 5 N–H and O–H groups in total. The first-order chi connectivity index (χ1) is 36.5. The number of aliphatic carboxylic acids is 1. The Kier molecular flexibility index (Phi) is 32.0. The number of carbonyl (C=O) groups is 14. The predicted octanol–water partition coefficient (Wildman–Crippen LogP) is -3.56. The van der Waals surface area contributed by atoms with E-state index in [1.807, 2.05) is 27.7 Å². The maximum absolute atomic E-state index is 13.1. The molecule has 28 heteroatoms. The molecule has 28 nitrogen and oxygen atoms in total. The summed E-state index contributed by atoms with van der Waals surface area (Å²) in [4.78, 5) is 190. The van der Waals surface area contributed by atoms with Crippen molar-refractivity contribution in [2.24, 2.45) is 23.5 Å². The van der Waals surface area contributed by atoms with E-state index in [1.165, 1.54) is 75.4 Å². The molecule has 448 valence electrons. The van der Waals surface area contributed by atoms with Crippen LogP contribution in [0.1, 0.15) is 73.1 Å². The molecule has 0 aromatic heterocycles. The smallest absolute Gasteiger partial charge is 0.304 e. The van der Waals surface area contributed by atoms with Gasteiger partial charge in [0.1, 0.15) is 6.04 Å². The summed E-state index contributed by atoms with van der Waals surface area (Å²) in [5.74, 6) is -11.0. The third kappa shape index (κ3) is 28.3. The van der Waals surface area contributed by atoms with Gasteiger partial charge >= 0.3 is 5.97 Å². The lowest BCUT2D eigenvalue weighted by Gasteiger charge is -2.27. The highest BCUT2D eigenvalue weighted by Gasteiger charge is 2.31. The second-order valence-corrected chi connectivity index (χ2v) is 21.1. The fourth-order valence-corrected chi connectivity index (χ4v) is 7.48. The molecule has 0 aliphatic carbocycles. The third-order valence-corrected chi connectivity index (χ3v) is 12.6. The number of carbonyl (C=O) groups excluding carboxylic acids is 13. The van der Waals surface area contributed by atoms with Crippen LogP contribution in [0.15, 0.2) is 0 Å². The zero-order valence-electron chi connectivity index (χ0n) is 49.1. The summed E-state index contributed by atoms with van der Waals surface area (Å²) in [6, 6.07) is -0.833. The molecule has 79 heavy (non-hydrogen) atoms. The number of nitrogens with one attached hydrogen (secondary N) is 2. The number of carboxylic acid groups (broad SMARTS) is 1. The van der Waals surface area contributed by atoms with Crippen LogP contribution in [0.2, 0.25) is 0 Å². The highest BCUT2D eigenvalue weighted by molar-refractivity contribution is 5.96. The van der Waals surface area contributed by atoms with Crippen molar-refractivity contribution >= 4 is 82.6 Å². The van der Waals surface area contributed by atoms with E-state index in [-0.39, 0.29) is 37.4 Å². The molecule has 0 radical (unpaired) electrons. The Hall–Kier alpha value is -7.26. The van der Waals surface area contributed by atoms with Gasteiger partial charge in [-0.2, -0.15) is 0 Å². The van der Waals surface area contributed by atoms with Gasteiger partial charge in [-0.25, -0.2) is 0 Å². The number of hydrogen-bond acceptors (Lipinski definition) is 15. The molecule has 0 unspecified atom stereocenters. The minimum absolute atomic E-state index is 0.193. The van der Waals surface area contributed by atoms with Crippen LogP contribution in [-0.2, 0) is 67.1 Å². The highest BCUT2D eigenvalue weighted by atomic mass is 16.4. The zero-order chi connectivity index (χ0) is 61.2. The van der Waals surface area contributed by atoms with E-state index in [0.29, 0.717) is 31.7 Å². The quantitative estimate of drug-likeness (QED) is 0.0441. The maximum Gasteiger partial charge on any atom is 0.304 e. The van der Waals surface area contributed by atoms with Gasteiger partial charge in [-0.1, -0.05) is 34.6 Å². The summed E-state index contributed by atoms with van der Waals surface area (Å²) in [5.41, 5.74) is 5.47. The van der Waals surface area contributed by atoms with Crippen molar-refractivity contribution in [3.8, 4) is 0 Å². The van der Waals surface area contributed by atoms with Gasteiger partial charge in [-0.05, 0) is 38.1 Å². The molecule has 0 rings (SSSR count). The number of primary amides is 1. The van der Waals surface area contributed by atoms with Gasteiger partial charge < -0.3 is 70.5 Å². The van der Waals surface area contributed by atoms with Crippen molar-refractivity contribution in [3.63, 3.8) is 0 Å². The lowest BCUT2D eigenvalue weighted by Crippen LogP contribution is -2.49. The number of rotatable bonds is 36. The van der Waals surface area contributed by atoms with Crippen molar-refractivity contribution in [2.45, 2.75) is 85.2 Å². The van der Waals surface area contributed by atoms with Crippen LogP contribution in [0.3, 0.4) is 0 Å². The topological polar surface area (TPSA) is 342 Å². The molecule has 0 saturated carbocycles. The van der Waals surface area contributed by atoms with Crippen LogP contribution in [0.25, 0.3) is 0 Å². The van der Waals surface area contributed by atoms with E-state index < -0.39 is 154 Å². The fourth-order valence-electron chi connectivity index (χ4n) is 7.48. The Morgan fingerprint density at radius 2 is 0.734 bits per heavy atom. The van der Waals surface area contributed by atoms with E-state index in [9.17, 15) is 72.2 Å². The fraction of sp³-hybridized carbons (Fsp3) is 0.725. The zero-order valence-corrected chi connectivity index (χ0v) is 49.1. The van der Waals surface area contributed by atoms with E-state index in [4.69, 9.17) is 5.73 Å². The van der Waals surface area contributed by atoms with Crippen molar-refractivity contribution < 1.29 is 72.2 Å². The normalized spacial score (nSPS) is 12.0. The number of ketones is 1. The largest absolute Gasteiger partial charge is 0.481 e. The van der Waals surface area contributed by atoms with Gasteiger partial charge in [0.25, 0.3) is 0 Å². The van der Waals surface area contributed by atoms with E-state index in [1.54, 1.807) is 6.92 Å². The molecule has 0 spiro atoms. The van der Waals surface area contributed by atoms with Crippen molar-refractivity contribution in [3.05, 3.63) is 0 Å². The molecule has 3 atom stereocenters. The predicted molar refractivity (Wildman–Crippen MR) is 288 cm³/mol. The first-order valence-electron chi connectivity index (χ1n) is 26.0. The number of nitrogens with two attached hydrogens (primary N) is 1. The molecular formula is C51H89N13O15. The number of amides is 12. The molecule has 0 fully saturated rings. The molecular weight excluding hydrogens is 1030 g/mol. The standard InChI is InChI=1S/C51H89N13O15/c1-33(2)20-35(5)51(79)64(15)32-47(74)63(14)31-46(73)62(13)30-45(72)61(12)29-44(71)60(11)28-43(70)59(10)27-42(69)58(9)26-41(68)57(8)25-40(67)56(7)24-39(66)55(6)23-37(65)21-36(22-48(75)76)50(78)54-38(49(52)77)18-16-17-19-53-34(3)4/h33-36,38,53H,16-32H2,1-15H3,(H2,52,77)(H,54,78)(H,75,76)/t35-,36+,38+/m1/s1. The van der Waals surface area contributed by atoms with Crippen LogP contribution in [0.4, 0.5) is 0 Å². The Morgan fingerprint density at radius 1 is 0.430 bits per heavy atom. The van der Waals surface area contributed by atoms with Gasteiger partial charge in [0.15, 0.2) is 5.78 Å². The lowest BCUT2D eigenvalue weighted by atomic mass is 9.96. The average Bonchev–Trinajstić information content (AvgIpc) is 3.33. The minimum atomic E-state index is -1.37. The minimum Gasteiger partial charge on any atom is -0.481 e. The van der Waals surface area contributed by atoms with Gasteiger partial charge in [-0.15, -0.1) is 0 Å². The van der Waals surface area contributed by atoms with Gasteiger partial charge in [0.05, 0.1) is 77.8 Å². The molecule has 0 aromatic rings. The van der Waals surface area contributed by atoms with Crippen molar-refractivity contribution in [1.82, 2.24) is 59.6 Å². The van der Waals surface area contributed by atoms with Gasteiger partial charge in [0.2, 0.25) is 70.9 Å². The molecule has 12 amide bonds. The summed E-state index contributed by atoms with van der Waals surface area (Å²) < 4.78 is 0. The van der Waals surface area contributed by atoms with Gasteiger partial charge in [-0.3, -0.25) is 67.1 Å². The lowest BCUT2D eigenvalue weighted by molar-refractivity contribution is -0.146. The van der Waals surface area contributed by atoms with Crippen LogP contribution >= 0.6 is 0 Å². The summed E-state index contributed by atoms with van der Waals surface area (Å²) in [6.45, 7) is 5.82. The second-order valence-electron chi connectivity index (χ2n) is 21.1. The molecule has 0 aliphatic heterocycles. The number of hydrogen-bond donors (Lipinski definition) is 4. The molecule has 0 heterocycles. The molecule has 0 aliphatic rings. The number of nitrogens with zero attached hydrogens (tertiary/aromatic N) is 10. The molecule has 0 aromatic carbocycles. The van der Waals surface area contributed by atoms with Crippen LogP contribution in [0.5, 0.6) is 0 Å².